The van der Waals surface area contributed by atoms with Gasteiger partial charge in [0.05, 0.1) is 10.9 Å². The quantitative estimate of drug-likeness (QED) is 0.227. The van der Waals surface area contributed by atoms with Crippen molar-refractivity contribution < 1.29 is 18.7 Å². The van der Waals surface area contributed by atoms with Crippen LogP contribution in [-0.4, -0.2) is 21.3 Å². The Kier molecular flexibility index (Phi) is 6.61. The number of benzene rings is 3. The number of hydrogen-bond donors (Lipinski definition) is 2. The molecule has 1 aromatic heterocycles. The Morgan fingerprint density at radius 3 is 2.38 bits per heavy atom. The highest BCUT2D eigenvalue weighted by Gasteiger charge is 2.21. The molecule has 0 saturated heterocycles. The van der Waals surface area contributed by atoms with Crippen LogP contribution < -0.4 is 0 Å². The lowest BCUT2D eigenvalue weighted by molar-refractivity contribution is -0.131. The number of aromatic nitrogens is 2. The van der Waals surface area contributed by atoms with E-state index in [1.54, 1.807) is 36.4 Å². The number of rotatable bonds is 6. The van der Waals surface area contributed by atoms with Crippen LogP contribution in [0.15, 0.2) is 66.7 Å². The zero-order valence-electron chi connectivity index (χ0n) is 18.4. The fraction of sp³-hybridized carbons (Fsp3) is 0.111. The summed E-state index contributed by atoms with van der Waals surface area (Å²) in [4.78, 5) is 10.8. The van der Waals surface area contributed by atoms with Crippen LogP contribution in [0.3, 0.4) is 0 Å². The molecule has 0 aliphatic rings. The summed E-state index contributed by atoms with van der Waals surface area (Å²) in [6, 6.07) is 17.1. The molecule has 2 N–H and O–H groups in total. The number of nitrogens with one attached hydrogen (secondary N) is 1. The summed E-state index contributed by atoms with van der Waals surface area (Å²) in [5.41, 5.74) is 4.58. The second kappa shape index (κ2) is 9.61. The number of aromatic amines is 1. The van der Waals surface area contributed by atoms with E-state index in [0.717, 1.165) is 22.8 Å². The number of carboxylic acid groups (broad SMARTS) is 1. The van der Waals surface area contributed by atoms with Gasteiger partial charge in [-0.05, 0) is 64.1 Å². The minimum absolute atomic E-state index is 0.0952. The number of hydrogen-bond acceptors (Lipinski definition) is 2. The number of allylic oxidation sites excluding steroid dienone is 1. The van der Waals surface area contributed by atoms with E-state index >= 15 is 4.39 Å². The molecule has 4 rings (SSSR count). The molecular formula is C27H21ClF2N2O2. The Balaban J connectivity index is 2.00. The second-order valence-corrected chi connectivity index (χ2v) is 8.57. The van der Waals surface area contributed by atoms with Crippen molar-refractivity contribution >= 4 is 45.7 Å². The van der Waals surface area contributed by atoms with E-state index in [4.69, 9.17) is 16.7 Å². The third kappa shape index (κ3) is 4.77. The molecule has 0 aliphatic heterocycles. The topological polar surface area (TPSA) is 66.0 Å². The minimum atomic E-state index is -1.04. The van der Waals surface area contributed by atoms with E-state index in [1.165, 1.54) is 12.1 Å². The Labute approximate surface area is 200 Å². The van der Waals surface area contributed by atoms with Crippen LogP contribution in [0.1, 0.15) is 36.1 Å². The van der Waals surface area contributed by atoms with E-state index in [0.29, 0.717) is 32.6 Å². The number of aliphatic carboxylic acids is 1. The zero-order chi connectivity index (χ0) is 24.4. The first-order valence-electron chi connectivity index (χ1n) is 10.6. The lowest BCUT2D eigenvalue weighted by Gasteiger charge is -2.21. The van der Waals surface area contributed by atoms with Gasteiger partial charge in [0.1, 0.15) is 5.82 Å². The lowest BCUT2D eigenvalue weighted by atomic mass is 9.83. The SMILES string of the molecule is CC(C)C(=C(c1ccc(C=CC(=O)O)cc1)c1ccc2[nH]nc(F)c2c1)c1ccc(Cl)cc1F. The molecule has 3 aromatic carbocycles. The van der Waals surface area contributed by atoms with Gasteiger partial charge in [0, 0.05) is 16.7 Å². The lowest BCUT2D eigenvalue weighted by Crippen LogP contribution is -2.03. The number of nitrogens with zero attached hydrogens (tertiary/aromatic N) is 1. The molecule has 4 aromatic rings. The maximum absolute atomic E-state index is 15.1. The van der Waals surface area contributed by atoms with Gasteiger partial charge in [0.15, 0.2) is 0 Å². The smallest absolute Gasteiger partial charge is 0.328 e. The summed E-state index contributed by atoms with van der Waals surface area (Å²) in [7, 11) is 0. The first kappa shape index (κ1) is 23.4. The maximum Gasteiger partial charge on any atom is 0.328 e. The highest BCUT2D eigenvalue weighted by molar-refractivity contribution is 6.30. The molecule has 0 bridgehead atoms. The Morgan fingerprint density at radius 2 is 1.74 bits per heavy atom. The molecule has 34 heavy (non-hydrogen) atoms. The van der Waals surface area contributed by atoms with Crippen LogP contribution >= 0.6 is 11.6 Å². The summed E-state index contributed by atoms with van der Waals surface area (Å²) >= 11 is 6.00. The molecule has 0 saturated carbocycles. The standard InChI is InChI=1S/C27H21ClF2N2O2/c1-15(2)25(20-10-9-19(28)14-22(20)29)26(17-6-3-16(4-7-17)5-12-24(33)34)18-8-11-23-21(13-18)27(30)32-31-23/h3-15H,1-2H3,(H,31,32)(H,33,34). The summed E-state index contributed by atoms with van der Waals surface area (Å²) in [5, 5.41) is 15.8. The maximum atomic E-state index is 15.1. The zero-order valence-corrected chi connectivity index (χ0v) is 19.2. The van der Waals surface area contributed by atoms with Crippen LogP contribution in [0, 0.1) is 17.7 Å². The van der Waals surface area contributed by atoms with Crippen LogP contribution in [0.4, 0.5) is 8.78 Å². The van der Waals surface area contributed by atoms with Gasteiger partial charge in [-0.25, -0.2) is 9.18 Å². The first-order chi connectivity index (χ1) is 16.2. The molecule has 1 heterocycles. The third-order valence-electron chi connectivity index (χ3n) is 5.49. The van der Waals surface area contributed by atoms with E-state index in [1.807, 2.05) is 32.0 Å². The molecule has 0 atom stereocenters. The van der Waals surface area contributed by atoms with Gasteiger partial charge in [-0.1, -0.05) is 61.8 Å². The fourth-order valence-electron chi connectivity index (χ4n) is 3.99. The molecule has 0 aliphatic carbocycles. The van der Waals surface area contributed by atoms with Crippen LogP contribution in [0.5, 0.6) is 0 Å². The van der Waals surface area contributed by atoms with Gasteiger partial charge >= 0.3 is 5.97 Å². The van der Waals surface area contributed by atoms with Gasteiger partial charge in [-0.2, -0.15) is 4.39 Å². The summed E-state index contributed by atoms with van der Waals surface area (Å²) in [5.74, 6) is -2.21. The van der Waals surface area contributed by atoms with Gasteiger partial charge in [0.25, 0.3) is 0 Å². The average molecular weight is 479 g/mol. The van der Waals surface area contributed by atoms with Crippen molar-refractivity contribution in [1.82, 2.24) is 10.2 Å². The first-order valence-corrected chi connectivity index (χ1v) is 11.0. The van der Waals surface area contributed by atoms with Gasteiger partial charge in [0.2, 0.25) is 5.95 Å². The molecule has 0 fully saturated rings. The van der Waals surface area contributed by atoms with E-state index in [9.17, 15) is 9.18 Å². The van der Waals surface area contributed by atoms with Crippen molar-refractivity contribution in [3.63, 3.8) is 0 Å². The number of carbonyl (C=O) groups is 1. The third-order valence-corrected chi connectivity index (χ3v) is 5.73. The Morgan fingerprint density at radius 1 is 1.03 bits per heavy atom. The molecule has 0 amide bonds. The van der Waals surface area contributed by atoms with Gasteiger partial charge < -0.3 is 5.11 Å². The summed E-state index contributed by atoms with van der Waals surface area (Å²) in [6.45, 7) is 3.93. The van der Waals surface area contributed by atoms with Crippen molar-refractivity contribution in [2.75, 3.05) is 0 Å². The van der Waals surface area contributed by atoms with Crippen molar-refractivity contribution in [3.8, 4) is 0 Å². The molecule has 0 radical (unpaired) electrons. The number of halogens is 3. The minimum Gasteiger partial charge on any atom is -0.478 e. The summed E-state index contributed by atoms with van der Waals surface area (Å²) in [6.07, 6.45) is 2.55. The predicted molar refractivity (Wildman–Crippen MR) is 131 cm³/mol. The highest BCUT2D eigenvalue weighted by atomic mass is 35.5. The van der Waals surface area contributed by atoms with Crippen LogP contribution in [-0.2, 0) is 4.79 Å². The van der Waals surface area contributed by atoms with Gasteiger partial charge in [-0.15, -0.1) is 5.10 Å². The second-order valence-electron chi connectivity index (χ2n) is 8.14. The molecule has 4 nitrogen and oxygen atoms in total. The number of carboxylic acids is 1. The molecule has 7 heteroatoms. The van der Waals surface area contributed by atoms with Gasteiger partial charge in [-0.3, -0.25) is 5.10 Å². The number of H-pyrrole nitrogens is 1. The van der Waals surface area contributed by atoms with Crippen molar-refractivity contribution in [2.45, 2.75) is 13.8 Å². The van der Waals surface area contributed by atoms with Crippen molar-refractivity contribution in [2.24, 2.45) is 5.92 Å². The van der Waals surface area contributed by atoms with Crippen molar-refractivity contribution in [1.29, 1.82) is 0 Å². The highest BCUT2D eigenvalue weighted by Crippen LogP contribution is 2.39. The summed E-state index contributed by atoms with van der Waals surface area (Å²) < 4.78 is 29.4. The monoisotopic (exact) mass is 478 g/mol. The van der Waals surface area contributed by atoms with Crippen LogP contribution in [0.25, 0.3) is 28.1 Å². The number of fused-ring (bicyclic) bond motifs is 1. The fourth-order valence-corrected chi connectivity index (χ4v) is 4.14. The van der Waals surface area contributed by atoms with Crippen molar-refractivity contribution in [3.05, 3.63) is 106 Å². The average Bonchev–Trinajstić information content (AvgIpc) is 3.17. The van der Waals surface area contributed by atoms with E-state index in [-0.39, 0.29) is 5.92 Å². The Bertz CT molecular complexity index is 1440. The van der Waals surface area contributed by atoms with E-state index < -0.39 is 17.7 Å². The molecule has 0 unspecified atom stereocenters. The Hall–Kier alpha value is -3.77. The van der Waals surface area contributed by atoms with E-state index in [2.05, 4.69) is 10.2 Å². The molecule has 0 spiro atoms. The molecule has 172 valence electrons. The normalized spacial score (nSPS) is 12.5. The predicted octanol–water partition coefficient (Wildman–Crippen LogP) is 7.21. The molecular weight excluding hydrogens is 458 g/mol. The van der Waals surface area contributed by atoms with Crippen LogP contribution in [0.2, 0.25) is 5.02 Å². The largest absolute Gasteiger partial charge is 0.478 e.